The molecule has 0 atom stereocenters. The van der Waals surface area contributed by atoms with Crippen LogP contribution in [0.15, 0.2) is 48.8 Å². The van der Waals surface area contributed by atoms with E-state index in [1.54, 1.807) is 0 Å². The Bertz CT molecular complexity index is 811. The van der Waals surface area contributed by atoms with Crippen LogP contribution in [0.3, 0.4) is 0 Å². The zero-order valence-electron chi connectivity index (χ0n) is 14.1. The molecule has 4 rings (SSSR count). The van der Waals surface area contributed by atoms with E-state index in [1.807, 2.05) is 12.4 Å². The molecule has 1 aliphatic rings. The summed E-state index contributed by atoms with van der Waals surface area (Å²) in [5.74, 6) is 0.960. The van der Waals surface area contributed by atoms with E-state index >= 15 is 0 Å². The molecule has 134 valence electrons. The van der Waals surface area contributed by atoms with Gasteiger partial charge in [-0.2, -0.15) is 0 Å². The summed E-state index contributed by atoms with van der Waals surface area (Å²) in [5, 5.41) is 3.36. The second-order valence-corrected chi connectivity index (χ2v) is 6.08. The van der Waals surface area contributed by atoms with Gasteiger partial charge in [0, 0.05) is 23.7 Å². The molecule has 0 saturated carbocycles. The topological polar surface area (TPSA) is 38.6 Å². The number of nitrogens with one attached hydrogen (secondary N) is 1. The molecule has 3 aromatic rings. The van der Waals surface area contributed by atoms with Crippen molar-refractivity contribution < 1.29 is 4.74 Å². The van der Waals surface area contributed by atoms with Crippen LogP contribution in [-0.2, 0) is 0 Å². The second kappa shape index (κ2) is 8.56. The molecule has 1 N–H and O–H groups in total. The Hall–Kier alpha value is -1.75. The van der Waals surface area contributed by atoms with E-state index in [9.17, 15) is 0 Å². The lowest BCUT2D eigenvalue weighted by Gasteiger charge is -2.23. The molecule has 3 heterocycles. The van der Waals surface area contributed by atoms with Crippen LogP contribution in [-0.4, -0.2) is 28.6 Å². The number of pyridine rings is 1. The number of nitrogens with zero attached hydrogens (tertiary/aromatic N) is 2. The first-order valence-electron chi connectivity index (χ1n) is 8.22. The van der Waals surface area contributed by atoms with Gasteiger partial charge in [0.05, 0.1) is 0 Å². The van der Waals surface area contributed by atoms with Crippen molar-refractivity contribution in [3.05, 3.63) is 54.5 Å². The van der Waals surface area contributed by atoms with Gasteiger partial charge in [-0.25, -0.2) is 4.98 Å². The van der Waals surface area contributed by atoms with Crippen molar-refractivity contribution in [3.8, 4) is 16.9 Å². The van der Waals surface area contributed by atoms with Crippen molar-refractivity contribution >= 4 is 30.5 Å². The van der Waals surface area contributed by atoms with Crippen LogP contribution in [0, 0.1) is 6.92 Å². The van der Waals surface area contributed by atoms with E-state index in [0.29, 0.717) is 6.10 Å². The fraction of sp³-hybridized carbons (Fsp3) is 0.316. The summed E-state index contributed by atoms with van der Waals surface area (Å²) in [7, 11) is 0. The SMILES string of the molecule is Cc1c(-c2ccc(OC3CCNCC3)cc2)ccc2nccn12.Cl.Cl. The molecule has 0 amide bonds. The van der Waals surface area contributed by atoms with Gasteiger partial charge in [-0.05, 0) is 62.7 Å². The average molecular weight is 380 g/mol. The minimum atomic E-state index is 0. The first-order valence-corrected chi connectivity index (χ1v) is 8.22. The van der Waals surface area contributed by atoms with E-state index in [2.05, 4.69) is 58.0 Å². The number of benzene rings is 1. The number of rotatable bonds is 3. The maximum Gasteiger partial charge on any atom is 0.136 e. The minimum absolute atomic E-state index is 0. The Morgan fingerprint density at radius 3 is 2.48 bits per heavy atom. The summed E-state index contributed by atoms with van der Waals surface area (Å²) in [5.41, 5.74) is 4.61. The lowest BCUT2D eigenvalue weighted by Crippen LogP contribution is -2.34. The number of ether oxygens (including phenoxy) is 1. The quantitative estimate of drug-likeness (QED) is 0.737. The fourth-order valence-corrected chi connectivity index (χ4v) is 3.25. The standard InChI is InChI=1S/C19H21N3O.2ClH/c1-14-18(6-7-19-21-12-13-22(14)19)15-2-4-16(5-3-15)23-17-8-10-20-11-9-17;;/h2-7,12-13,17,20H,8-11H2,1H3;2*1H. The van der Waals surface area contributed by atoms with Gasteiger partial charge in [0.1, 0.15) is 17.5 Å². The molecule has 1 aliphatic heterocycles. The molecule has 2 aromatic heterocycles. The highest BCUT2D eigenvalue weighted by Gasteiger charge is 2.14. The van der Waals surface area contributed by atoms with E-state index in [1.165, 1.54) is 16.8 Å². The van der Waals surface area contributed by atoms with E-state index in [-0.39, 0.29) is 24.8 Å². The third-order valence-electron chi connectivity index (χ3n) is 4.57. The smallest absolute Gasteiger partial charge is 0.136 e. The highest BCUT2D eigenvalue weighted by Crippen LogP contribution is 2.27. The molecule has 1 fully saturated rings. The molecule has 0 radical (unpaired) electrons. The van der Waals surface area contributed by atoms with Crippen molar-refractivity contribution in [1.82, 2.24) is 14.7 Å². The number of imidazole rings is 1. The lowest BCUT2D eigenvalue weighted by molar-refractivity contribution is 0.162. The number of fused-ring (bicyclic) bond motifs is 1. The maximum atomic E-state index is 6.08. The molecule has 25 heavy (non-hydrogen) atoms. The van der Waals surface area contributed by atoms with Crippen LogP contribution in [0.25, 0.3) is 16.8 Å². The Morgan fingerprint density at radius 2 is 1.76 bits per heavy atom. The molecule has 1 saturated heterocycles. The molecular formula is C19H23Cl2N3O. The van der Waals surface area contributed by atoms with Crippen LogP contribution in [0.2, 0.25) is 0 Å². The van der Waals surface area contributed by atoms with Gasteiger partial charge in [-0.3, -0.25) is 0 Å². The lowest BCUT2D eigenvalue weighted by atomic mass is 10.0. The number of hydrogen-bond acceptors (Lipinski definition) is 3. The van der Waals surface area contributed by atoms with E-state index < -0.39 is 0 Å². The van der Waals surface area contributed by atoms with Gasteiger partial charge in [-0.15, -0.1) is 24.8 Å². The van der Waals surface area contributed by atoms with Crippen LogP contribution in [0.1, 0.15) is 18.5 Å². The van der Waals surface area contributed by atoms with E-state index in [4.69, 9.17) is 4.74 Å². The summed E-state index contributed by atoms with van der Waals surface area (Å²) in [6, 6.07) is 12.6. The van der Waals surface area contributed by atoms with Crippen molar-refractivity contribution in [1.29, 1.82) is 0 Å². The van der Waals surface area contributed by atoms with Gasteiger partial charge >= 0.3 is 0 Å². The predicted octanol–water partition coefficient (Wildman–Crippen LogP) is 4.28. The normalized spacial score (nSPS) is 14.6. The van der Waals surface area contributed by atoms with Gasteiger partial charge in [0.2, 0.25) is 0 Å². The third-order valence-corrected chi connectivity index (χ3v) is 4.57. The number of aromatic nitrogens is 2. The number of halogens is 2. The van der Waals surface area contributed by atoms with Gasteiger partial charge < -0.3 is 14.5 Å². The highest BCUT2D eigenvalue weighted by molar-refractivity contribution is 5.85. The molecule has 0 unspecified atom stereocenters. The molecular weight excluding hydrogens is 357 g/mol. The maximum absolute atomic E-state index is 6.08. The molecule has 4 nitrogen and oxygen atoms in total. The average Bonchev–Trinajstić information content (AvgIpc) is 3.07. The summed E-state index contributed by atoms with van der Waals surface area (Å²) in [4.78, 5) is 4.33. The summed E-state index contributed by atoms with van der Waals surface area (Å²) in [6.07, 6.45) is 6.34. The van der Waals surface area contributed by atoms with Crippen molar-refractivity contribution in [3.63, 3.8) is 0 Å². The monoisotopic (exact) mass is 379 g/mol. The first kappa shape index (κ1) is 19.6. The summed E-state index contributed by atoms with van der Waals surface area (Å²) >= 11 is 0. The number of aryl methyl sites for hydroxylation is 1. The van der Waals surface area contributed by atoms with Gasteiger partial charge in [0.15, 0.2) is 0 Å². The second-order valence-electron chi connectivity index (χ2n) is 6.08. The molecule has 0 spiro atoms. The molecule has 6 heteroatoms. The molecule has 1 aromatic carbocycles. The molecule has 0 bridgehead atoms. The van der Waals surface area contributed by atoms with E-state index in [0.717, 1.165) is 37.3 Å². The summed E-state index contributed by atoms with van der Waals surface area (Å²) < 4.78 is 8.20. The van der Waals surface area contributed by atoms with Crippen molar-refractivity contribution in [2.75, 3.05) is 13.1 Å². The minimum Gasteiger partial charge on any atom is -0.490 e. The van der Waals surface area contributed by atoms with Crippen LogP contribution >= 0.6 is 24.8 Å². The predicted molar refractivity (Wildman–Crippen MR) is 106 cm³/mol. The molecule has 0 aliphatic carbocycles. The van der Waals surface area contributed by atoms with Crippen LogP contribution in [0.5, 0.6) is 5.75 Å². The Morgan fingerprint density at radius 1 is 1.04 bits per heavy atom. The van der Waals surface area contributed by atoms with Gasteiger partial charge in [0.25, 0.3) is 0 Å². The highest BCUT2D eigenvalue weighted by atomic mass is 35.5. The summed E-state index contributed by atoms with van der Waals surface area (Å²) in [6.45, 7) is 4.23. The van der Waals surface area contributed by atoms with Gasteiger partial charge in [-0.1, -0.05) is 12.1 Å². The zero-order chi connectivity index (χ0) is 15.6. The first-order chi connectivity index (χ1) is 11.3. The van der Waals surface area contributed by atoms with Crippen LogP contribution in [0.4, 0.5) is 0 Å². The third kappa shape index (κ3) is 4.09. The fourth-order valence-electron chi connectivity index (χ4n) is 3.25. The Kier molecular flexibility index (Phi) is 6.71. The van der Waals surface area contributed by atoms with Crippen molar-refractivity contribution in [2.24, 2.45) is 0 Å². The Labute approximate surface area is 160 Å². The largest absolute Gasteiger partial charge is 0.490 e. The van der Waals surface area contributed by atoms with Crippen LogP contribution < -0.4 is 10.1 Å². The number of piperidine rings is 1. The zero-order valence-corrected chi connectivity index (χ0v) is 15.8. The van der Waals surface area contributed by atoms with Crippen molar-refractivity contribution in [2.45, 2.75) is 25.9 Å². The number of hydrogen-bond donors (Lipinski definition) is 1. The Balaban J connectivity index is 0.00000113.